The predicted molar refractivity (Wildman–Crippen MR) is 48.7 cm³/mol. The average Bonchev–Trinajstić information content (AvgIpc) is 1.99. The highest BCUT2D eigenvalue weighted by molar-refractivity contribution is 5.76. The Kier molecular flexibility index (Phi) is 2.93. The molecule has 0 saturated heterocycles. The quantitative estimate of drug-likeness (QED) is 0.842. The fraction of sp³-hybridized carbons (Fsp3) is 0.300. The summed E-state index contributed by atoms with van der Waals surface area (Å²) in [5.41, 5.74) is -1.53. The van der Waals surface area contributed by atoms with E-state index >= 15 is 0 Å². The van der Waals surface area contributed by atoms with Gasteiger partial charge >= 0.3 is 5.97 Å². The topological polar surface area (TPSA) is 46.5 Å². The van der Waals surface area contributed by atoms with E-state index in [0.29, 0.717) is 6.07 Å². The maximum Gasteiger partial charge on any atom is 0.347 e. The van der Waals surface area contributed by atoms with Crippen molar-refractivity contribution in [2.24, 2.45) is 0 Å². The summed E-state index contributed by atoms with van der Waals surface area (Å²) in [6.45, 7) is 2.58. The number of rotatable bonds is 3. The lowest BCUT2D eigenvalue weighted by molar-refractivity contribution is -0.152. The van der Waals surface area contributed by atoms with Crippen molar-refractivity contribution in [3.63, 3.8) is 0 Å². The van der Waals surface area contributed by atoms with Gasteiger partial charge in [-0.3, -0.25) is 0 Å². The van der Waals surface area contributed by atoms with E-state index in [0.717, 1.165) is 12.1 Å². The van der Waals surface area contributed by atoms with Crippen LogP contribution in [0.25, 0.3) is 0 Å². The van der Waals surface area contributed by atoms with Crippen LogP contribution >= 0.6 is 0 Å². The van der Waals surface area contributed by atoms with Crippen LogP contribution in [0.2, 0.25) is 0 Å². The molecule has 15 heavy (non-hydrogen) atoms. The summed E-state index contributed by atoms with van der Waals surface area (Å²) in [7, 11) is 0. The number of carboxylic acid groups (broad SMARTS) is 1. The second kappa shape index (κ2) is 3.84. The van der Waals surface area contributed by atoms with Gasteiger partial charge in [0.2, 0.25) is 0 Å². The zero-order valence-corrected chi connectivity index (χ0v) is 8.25. The molecule has 0 unspecified atom stereocenters. The summed E-state index contributed by atoms with van der Waals surface area (Å²) in [5.74, 6) is -3.00. The van der Waals surface area contributed by atoms with Gasteiger partial charge in [-0.15, -0.1) is 0 Å². The lowest BCUT2D eigenvalue weighted by atomic mass is 10.1. The van der Waals surface area contributed by atoms with Gasteiger partial charge in [0.1, 0.15) is 17.4 Å². The summed E-state index contributed by atoms with van der Waals surface area (Å²) in [5, 5.41) is 8.73. The van der Waals surface area contributed by atoms with Crippen LogP contribution in [0, 0.1) is 11.6 Å². The van der Waals surface area contributed by atoms with E-state index in [-0.39, 0.29) is 5.75 Å². The molecule has 0 saturated carbocycles. The molecule has 0 atom stereocenters. The maximum absolute atomic E-state index is 12.7. The molecule has 0 amide bonds. The number of hydrogen-bond acceptors (Lipinski definition) is 2. The number of halogens is 2. The lowest BCUT2D eigenvalue weighted by Gasteiger charge is -2.21. The van der Waals surface area contributed by atoms with Crippen LogP contribution in [-0.2, 0) is 4.79 Å². The molecular weight excluding hydrogens is 206 g/mol. The third kappa shape index (κ3) is 2.90. The van der Waals surface area contributed by atoms with Crippen LogP contribution in [-0.4, -0.2) is 16.7 Å². The second-order valence-electron chi connectivity index (χ2n) is 3.52. The van der Waals surface area contributed by atoms with Crippen molar-refractivity contribution >= 4 is 5.97 Å². The molecule has 0 aliphatic heterocycles. The average molecular weight is 216 g/mol. The van der Waals surface area contributed by atoms with Crippen molar-refractivity contribution in [3.8, 4) is 5.75 Å². The first-order chi connectivity index (χ1) is 6.81. The number of carboxylic acids is 1. The van der Waals surface area contributed by atoms with E-state index in [1.807, 2.05) is 0 Å². The van der Waals surface area contributed by atoms with E-state index < -0.39 is 23.2 Å². The van der Waals surface area contributed by atoms with Gasteiger partial charge in [0, 0.05) is 18.2 Å². The highest BCUT2D eigenvalue weighted by atomic mass is 19.1. The zero-order valence-electron chi connectivity index (χ0n) is 8.25. The van der Waals surface area contributed by atoms with Crippen molar-refractivity contribution in [2.45, 2.75) is 19.4 Å². The SMILES string of the molecule is CC(C)(Oc1cc(F)cc(F)c1)C(=O)O. The molecule has 0 bridgehead atoms. The summed E-state index contributed by atoms with van der Waals surface area (Å²) in [6.07, 6.45) is 0. The highest BCUT2D eigenvalue weighted by Crippen LogP contribution is 2.21. The molecule has 5 heteroatoms. The van der Waals surface area contributed by atoms with Gasteiger partial charge in [-0.25, -0.2) is 13.6 Å². The normalized spacial score (nSPS) is 11.2. The second-order valence-corrected chi connectivity index (χ2v) is 3.52. The first-order valence-electron chi connectivity index (χ1n) is 4.20. The van der Waals surface area contributed by atoms with Crippen LogP contribution in [0.5, 0.6) is 5.75 Å². The minimum atomic E-state index is -1.53. The standard InChI is InChI=1S/C10H10F2O3/c1-10(2,9(13)14)15-8-4-6(11)3-7(12)5-8/h3-5H,1-2H3,(H,13,14). The third-order valence-corrected chi connectivity index (χ3v) is 1.72. The number of benzene rings is 1. The van der Waals surface area contributed by atoms with Crippen molar-refractivity contribution < 1.29 is 23.4 Å². The van der Waals surface area contributed by atoms with Crippen molar-refractivity contribution in [1.29, 1.82) is 0 Å². The van der Waals surface area contributed by atoms with E-state index in [2.05, 4.69) is 0 Å². The molecule has 1 N–H and O–H groups in total. The molecule has 0 aromatic heterocycles. The van der Waals surface area contributed by atoms with Crippen molar-refractivity contribution in [1.82, 2.24) is 0 Å². The maximum atomic E-state index is 12.7. The summed E-state index contributed by atoms with van der Waals surface area (Å²) >= 11 is 0. The predicted octanol–water partition coefficient (Wildman–Crippen LogP) is 2.21. The Hall–Kier alpha value is -1.65. The molecule has 0 aliphatic carbocycles. The molecular formula is C10H10F2O3. The molecule has 0 radical (unpaired) electrons. The lowest BCUT2D eigenvalue weighted by Crippen LogP contribution is -2.37. The van der Waals surface area contributed by atoms with E-state index in [9.17, 15) is 13.6 Å². The van der Waals surface area contributed by atoms with Gasteiger partial charge in [0.05, 0.1) is 0 Å². The molecule has 0 aliphatic rings. The largest absolute Gasteiger partial charge is 0.478 e. The minimum Gasteiger partial charge on any atom is -0.478 e. The Balaban J connectivity index is 2.94. The fourth-order valence-electron chi connectivity index (χ4n) is 0.926. The Morgan fingerprint density at radius 2 is 1.73 bits per heavy atom. The van der Waals surface area contributed by atoms with Crippen LogP contribution in [0.4, 0.5) is 8.78 Å². The monoisotopic (exact) mass is 216 g/mol. The van der Waals surface area contributed by atoms with E-state index in [1.165, 1.54) is 13.8 Å². The van der Waals surface area contributed by atoms with Crippen LogP contribution in [0.1, 0.15) is 13.8 Å². The number of aliphatic carboxylic acids is 1. The van der Waals surface area contributed by atoms with Gasteiger partial charge in [0.15, 0.2) is 5.60 Å². The molecule has 0 heterocycles. The number of carbonyl (C=O) groups is 1. The van der Waals surface area contributed by atoms with Gasteiger partial charge < -0.3 is 9.84 Å². The Morgan fingerprint density at radius 3 is 2.13 bits per heavy atom. The highest BCUT2D eigenvalue weighted by Gasteiger charge is 2.29. The van der Waals surface area contributed by atoms with Crippen molar-refractivity contribution in [3.05, 3.63) is 29.8 Å². The third-order valence-electron chi connectivity index (χ3n) is 1.72. The van der Waals surface area contributed by atoms with Gasteiger partial charge in [0.25, 0.3) is 0 Å². The van der Waals surface area contributed by atoms with Crippen LogP contribution in [0.15, 0.2) is 18.2 Å². The van der Waals surface area contributed by atoms with E-state index in [4.69, 9.17) is 9.84 Å². The number of ether oxygens (including phenoxy) is 1. The first kappa shape index (κ1) is 11.4. The smallest absolute Gasteiger partial charge is 0.347 e. The summed E-state index contributed by atoms with van der Waals surface area (Å²) in [6, 6.07) is 2.53. The van der Waals surface area contributed by atoms with Gasteiger partial charge in [-0.2, -0.15) is 0 Å². The summed E-state index contributed by atoms with van der Waals surface area (Å²) in [4.78, 5) is 10.7. The molecule has 1 aromatic carbocycles. The van der Waals surface area contributed by atoms with Gasteiger partial charge in [-0.05, 0) is 13.8 Å². The fourth-order valence-corrected chi connectivity index (χ4v) is 0.926. The number of hydrogen-bond donors (Lipinski definition) is 1. The molecule has 0 spiro atoms. The molecule has 82 valence electrons. The molecule has 3 nitrogen and oxygen atoms in total. The Morgan fingerprint density at radius 1 is 1.27 bits per heavy atom. The molecule has 1 rings (SSSR count). The first-order valence-corrected chi connectivity index (χ1v) is 4.20. The Labute approximate surface area is 85.3 Å². The van der Waals surface area contributed by atoms with E-state index in [1.54, 1.807) is 0 Å². The van der Waals surface area contributed by atoms with Crippen LogP contribution < -0.4 is 4.74 Å². The van der Waals surface area contributed by atoms with Crippen LogP contribution in [0.3, 0.4) is 0 Å². The molecule has 1 aromatic rings. The summed E-state index contributed by atoms with van der Waals surface area (Å²) < 4.78 is 30.4. The van der Waals surface area contributed by atoms with Crippen molar-refractivity contribution in [2.75, 3.05) is 0 Å². The van der Waals surface area contributed by atoms with Gasteiger partial charge in [-0.1, -0.05) is 0 Å². The zero-order chi connectivity index (χ0) is 11.6. The Bertz CT molecular complexity index is 368. The minimum absolute atomic E-state index is 0.153. The molecule has 0 fully saturated rings.